The fraction of sp³-hybridized carbons (Fsp3) is 0.571. The molecule has 6 nitrogen and oxygen atoms in total. The molecule has 0 amide bonds. The molecule has 0 spiro atoms. The first-order chi connectivity index (χ1) is 7.79. The number of alkyl halides is 3. The highest BCUT2D eigenvalue weighted by Crippen LogP contribution is 2.12. The van der Waals surface area contributed by atoms with E-state index in [0.29, 0.717) is 12.1 Å². The summed E-state index contributed by atoms with van der Waals surface area (Å²) in [6.45, 7) is -1.61. The van der Waals surface area contributed by atoms with E-state index in [9.17, 15) is 21.6 Å². The van der Waals surface area contributed by atoms with Crippen molar-refractivity contribution in [3.63, 3.8) is 0 Å². The van der Waals surface area contributed by atoms with E-state index in [0.717, 1.165) is 0 Å². The van der Waals surface area contributed by atoms with Crippen molar-refractivity contribution in [2.45, 2.75) is 12.6 Å². The first-order valence-electron chi connectivity index (χ1n) is 4.57. The van der Waals surface area contributed by atoms with E-state index in [4.69, 9.17) is 0 Å². The Bertz CT molecular complexity index is 428. The molecule has 0 saturated carbocycles. The Labute approximate surface area is 95.8 Å². The minimum atomic E-state index is -4.57. The molecule has 10 heteroatoms. The molecule has 3 N–H and O–H groups in total. The van der Waals surface area contributed by atoms with Gasteiger partial charge in [0.25, 0.3) is 10.2 Å². The number of halogens is 3. The molecule has 0 aliphatic heterocycles. The summed E-state index contributed by atoms with van der Waals surface area (Å²) in [5.41, 5.74) is 0.684. The van der Waals surface area contributed by atoms with Gasteiger partial charge >= 0.3 is 6.18 Å². The normalized spacial score (nSPS) is 12.9. The molecular formula is C7H11F3N4O2S. The maximum absolute atomic E-state index is 11.8. The number of H-pyrrole nitrogens is 1. The third kappa shape index (κ3) is 6.24. The molecule has 98 valence electrons. The van der Waals surface area contributed by atoms with Gasteiger partial charge in [-0.15, -0.1) is 0 Å². The second kappa shape index (κ2) is 5.47. The largest absolute Gasteiger partial charge is 0.402 e. The smallest absolute Gasteiger partial charge is 0.348 e. The van der Waals surface area contributed by atoms with Gasteiger partial charge in [-0.3, -0.25) is 0 Å². The van der Waals surface area contributed by atoms with Gasteiger partial charge in [-0.1, -0.05) is 0 Å². The Morgan fingerprint density at radius 1 is 1.35 bits per heavy atom. The van der Waals surface area contributed by atoms with Gasteiger partial charge in [0.1, 0.15) is 6.54 Å². The van der Waals surface area contributed by atoms with Gasteiger partial charge in [0.05, 0.1) is 6.33 Å². The molecule has 0 aliphatic rings. The van der Waals surface area contributed by atoms with Crippen LogP contribution in [0.3, 0.4) is 0 Å². The maximum atomic E-state index is 11.8. The molecular weight excluding hydrogens is 261 g/mol. The summed E-state index contributed by atoms with van der Waals surface area (Å²) in [7, 11) is -4.12. The van der Waals surface area contributed by atoms with Crippen molar-refractivity contribution in [3.8, 4) is 0 Å². The van der Waals surface area contributed by atoms with E-state index in [1.807, 2.05) is 4.72 Å². The van der Waals surface area contributed by atoms with Crippen LogP contribution >= 0.6 is 0 Å². The standard InChI is InChI=1S/C7H11F3N4O2S/c8-7(9,10)4-14-17(15,16)13-2-1-6-3-11-5-12-6/h3,5,13-14H,1-2,4H2,(H,11,12). The molecule has 17 heavy (non-hydrogen) atoms. The topological polar surface area (TPSA) is 86.9 Å². The molecule has 0 bridgehead atoms. The highest BCUT2D eigenvalue weighted by atomic mass is 32.2. The molecule has 0 atom stereocenters. The van der Waals surface area contributed by atoms with E-state index in [1.54, 1.807) is 0 Å². The van der Waals surface area contributed by atoms with Crippen molar-refractivity contribution in [1.82, 2.24) is 19.4 Å². The lowest BCUT2D eigenvalue weighted by molar-refractivity contribution is -0.121. The summed E-state index contributed by atoms with van der Waals surface area (Å²) in [6, 6.07) is 0. The fourth-order valence-corrected chi connectivity index (χ4v) is 1.80. The van der Waals surface area contributed by atoms with Gasteiger partial charge < -0.3 is 4.98 Å². The average molecular weight is 272 g/mol. The predicted molar refractivity (Wildman–Crippen MR) is 53.3 cm³/mol. The van der Waals surface area contributed by atoms with Crippen LogP contribution in [0, 0.1) is 0 Å². The van der Waals surface area contributed by atoms with Crippen molar-refractivity contribution < 1.29 is 21.6 Å². The second-order valence-electron chi connectivity index (χ2n) is 3.16. The molecule has 1 aromatic rings. The molecule has 0 aliphatic carbocycles. The third-order valence-corrected chi connectivity index (χ3v) is 2.81. The molecule has 0 aromatic carbocycles. The van der Waals surface area contributed by atoms with E-state index in [1.165, 1.54) is 17.2 Å². The number of rotatable bonds is 6. The Hall–Kier alpha value is -1.13. The molecule has 0 saturated heterocycles. The first-order valence-corrected chi connectivity index (χ1v) is 6.05. The van der Waals surface area contributed by atoms with Gasteiger partial charge in [0.2, 0.25) is 0 Å². The summed E-state index contributed by atoms with van der Waals surface area (Å²) in [5, 5.41) is 0. The zero-order chi connectivity index (χ0) is 12.9. The predicted octanol–water partition coefficient (Wildman–Crippen LogP) is -0.0615. The number of aromatic amines is 1. The van der Waals surface area contributed by atoms with Crippen LogP contribution < -0.4 is 9.44 Å². The van der Waals surface area contributed by atoms with Crippen LogP contribution in [-0.2, 0) is 16.6 Å². The van der Waals surface area contributed by atoms with E-state index >= 15 is 0 Å². The molecule has 1 rings (SSSR count). The molecule has 1 aromatic heterocycles. The number of aromatic nitrogens is 2. The van der Waals surface area contributed by atoms with Crippen LogP contribution in [0.25, 0.3) is 0 Å². The molecule has 0 radical (unpaired) electrons. The lowest BCUT2D eigenvalue weighted by Crippen LogP contribution is -2.42. The first kappa shape index (κ1) is 13.9. The fourth-order valence-electron chi connectivity index (χ4n) is 0.969. The summed E-state index contributed by atoms with van der Waals surface area (Å²) >= 11 is 0. The van der Waals surface area contributed by atoms with Crippen LogP contribution in [0.2, 0.25) is 0 Å². The second-order valence-corrected chi connectivity index (χ2v) is 4.75. The van der Waals surface area contributed by atoms with Gasteiger partial charge in [-0.25, -0.2) is 9.71 Å². The van der Waals surface area contributed by atoms with Crippen LogP contribution in [-0.4, -0.2) is 37.7 Å². The van der Waals surface area contributed by atoms with Gasteiger partial charge in [0, 0.05) is 24.9 Å². The third-order valence-electron chi connectivity index (χ3n) is 1.70. The Kier molecular flexibility index (Phi) is 4.48. The minimum absolute atomic E-state index is 0.0185. The van der Waals surface area contributed by atoms with Gasteiger partial charge in [-0.2, -0.15) is 26.3 Å². The Morgan fingerprint density at radius 3 is 2.59 bits per heavy atom. The zero-order valence-electron chi connectivity index (χ0n) is 8.58. The number of nitrogens with one attached hydrogen (secondary N) is 3. The van der Waals surface area contributed by atoms with Crippen LogP contribution in [0.5, 0.6) is 0 Å². The van der Waals surface area contributed by atoms with Crippen molar-refractivity contribution in [2.75, 3.05) is 13.1 Å². The lowest BCUT2D eigenvalue weighted by atomic mass is 10.3. The van der Waals surface area contributed by atoms with E-state index in [-0.39, 0.29) is 6.54 Å². The summed E-state index contributed by atoms with van der Waals surface area (Å²) in [6.07, 6.45) is -1.34. The van der Waals surface area contributed by atoms with Crippen molar-refractivity contribution in [3.05, 3.63) is 18.2 Å². The van der Waals surface area contributed by atoms with Gasteiger partial charge in [0.15, 0.2) is 0 Å². The van der Waals surface area contributed by atoms with Crippen molar-refractivity contribution >= 4 is 10.2 Å². The Morgan fingerprint density at radius 2 is 2.06 bits per heavy atom. The van der Waals surface area contributed by atoms with E-state index < -0.39 is 22.9 Å². The average Bonchev–Trinajstić information content (AvgIpc) is 2.67. The Balaban J connectivity index is 2.30. The molecule has 1 heterocycles. The number of hydrogen-bond acceptors (Lipinski definition) is 3. The van der Waals surface area contributed by atoms with Crippen molar-refractivity contribution in [1.29, 1.82) is 0 Å². The minimum Gasteiger partial charge on any atom is -0.348 e. The van der Waals surface area contributed by atoms with Crippen molar-refractivity contribution in [2.24, 2.45) is 0 Å². The summed E-state index contributed by atoms with van der Waals surface area (Å²) in [5.74, 6) is 0. The van der Waals surface area contributed by atoms with Crippen LogP contribution in [0.15, 0.2) is 12.5 Å². The summed E-state index contributed by atoms with van der Waals surface area (Å²) in [4.78, 5) is 6.44. The van der Waals surface area contributed by atoms with E-state index in [2.05, 4.69) is 9.97 Å². The highest BCUT2D eigenvalue weighted by Gasteiger charge is 2.29. The zero-order valence-corrected chi connectivity index (χ0v) is 9.40. The lowest BCUT2D eigenvalue weighted by Gasteiger charge is -2.09. The molecule has 0 unspecified atom stereocenters. The number of nitrogens with zero attached hydrogens (tertiary/aromatic N) is 1. The number of imidazole rings is 1. The van der Waals surface area contributed by atoms with Crippen LogP contribution in [0.1, 0.15) is 5.69 Å². The maximum Gasteiger partial charge on any atom is 0.402 e. The quantitative estimate of drug-likeness (QED) is 0.678. The molecule has 0 fully saturated rings. The monoisotopic (exact) mass is 272 g/mol. The SMILES string of the molecule is O=S(=O)(NCCc1cnc[nH]1)NCC(F)(F)F. The van der Waals surface area contributed by atoms with Gasteiger partial charge in [-0.05, 0) is 0 Å². The van der Waals surface area contributed by atoms with Crippen LogP contribution in [0.4, 0.5) is 13.2 Å². The number of hydrogen-bond donors (Lipinski definition) is 3. The summed E-state index contributed by atoms with van der Waals surface area (Å²) < 4.78 is 60.8. The highest BCUT2D eigenvalue weighted by molar-refractivity contribution is 7.87.